The maximum Gasteiger partial charge on any atom is 0.238 e. The minimum absolute atomic E-state index is 0.465. The molecular formula is C11H15N3O2. The lowest BCUT2D eigenvalue weighted by Crippen LogP contribution is -2.24. The molecule has 0 spiro atoms. The van der Waals surface area contributed by atoms with Gasteiger partial charge in [-0.3, -0.25) is 0 Å². The van der Waals surface area contributed by atoms with E-state index in [-0.39, 0.29) is 0 Å². The summed E-state index contributed by atoms with van der Waals surface area (Å²) in [6.45, 7) is 5.03. The Hall–Kier alpha value is -1.62. The summed E-state index contributed by atoms with van der Waals surface area (Å²) < 4.78 is 10.3. The van der Waals surface area contributed by atoms with Gasteiger partial charge in [-0.2, -0.15) is 4.98 Å². The third kappa shape index (κ3) is 2.70. The zero-order valence-electron chi connectivity index (χ0n) is 9.43. The summed E-state index contributed by atoms with van der Waals surface area (Å²) >= 11 is 0. The molecule has 0 atom stereocenters. The molecule has 0 saturated carbocycles. The van der Waals surface area contributed by atoms with E-state index in [2.05, 4.69) is 29.3 Å². The highest BCUT2D eigenvalue weighted by molar-refractivity contribution is 5.44. The van der Waals surface area contributed by atoms with E-state index in [4.69, 9.17) is 8.94 Å². The predicted molar refractivity (Wildman–Crippen MR) is 58.8 cm³/mol. The van der Waals surface area contributed by atoms with Gasteiger partial charge in [-0.1, -0.05) is 19.0 Å². The molecule has 0 aliphatic carbocycles. The average Bonchev–Trinajstić information content (AvgIpc) is 2.85. The standard InChI is InChI=1S/C11H15N3O2/c1-8(2)12-6-5-10-13-11(14-16-10)9-4-3-7-15-9/h3-4,7-8,12H,5-6H2,1-2H3. The summed E-state index contributed by atoms with van der Waals surface area (Å²) in [5.74, 6) is 1.76. The molecule has 5 heteroatoms. The molecule has 0 aliphatic rings. The van der Waals surface area contributed by atoms with Gasteiger partial charge in [0.05, 0.1) is 6.26 Å². The molecule has 2 aromatic heterocycles. The maximum absolute atomic E-state index is 5.17. The molecule has 2 rings (SSSR count). The molecule has 86 valence electrons. The van der Waals surface area contributed by atoms with Crippen molar-refractivity contribution in [2.24, 2.45) is 0 Å². The van der Waals surface area contributed by atoms with E-state index in [0.717, 1.165) is 13.0 Å². The molecule has 0 unspecified atom stereocenters. The van der Waals surface area contributed by atoms with E-state index in [0.29, 0.717) is 23.5 Å². The highest BCUT2D eigenvalue weighted by Crippen LogP contribution is 2.15. The lowest BCUT2D eigenvalue weighted by atomic mass is 10.3. The lowest BCUT2D eigenvalue weighted by Gasteiger charge is -2.04. The second-order valence-corrected chi connectivity index (χ2v) is 3.85. The molecule has 0 fully saturated rings. The second kappa shape index (κ2) is 4.94. The number of hydrogen-bond donors (Lipinski definition) is 1. The summed E-state index contributed by atoms with van der Waals surface area (Å²) in [5, 5.41) is 7.14. The van der Waals surface area contributed by atoms with E-state index in [1.165, 1.54) is 0 Å². The molecule has 2 aromatic rings. The molecule has 0 amide bonds. The van der Waals surface area contributed by atoms with Gasteiger partial charge in [-0.05, 0) is 12.1 Å². The second-order valence-electron chi connectivity index (χ2n) is 3.85. The zero-order chi connectivity index (χ0) is 11.4. The van der Waals surface area contributed by atoms with Gasteiger partial charge in [0.1, 0.15) is 0 Å². The number of aromatic nitrogens is 2. The Balaban J connectivity index is 1.93. The monoisotopic (exact) mass is 221 g/mol. The zero-order valence-corrected chi connectivity index (χ0v) is 9.43. The first-order valence-corrected chi connectivity index (χ1v) is 5.35. The maximum atomic E-state index is 5.17. The lowest BCUT2D eigenvalue weighted by molar-refractivity contribution is 0.373. The molecule has 5 nitrogen and oxygen atoms in total. The number of furan rings is 1. The molecule has 0 bridgehead atoms. The molecule has 0 aromatic carbocycles. The van der Waals surface area contributed by atoms with Crippen LogP contribution in [-0.2, 0) is 6.42 Å². The molecule has 2 heterocycles. The van der Waals surface area contributed by atoms with Crippen molar-refractivity contribution >= 4 is 0 Å². The minimum atomic E-state index is 0.465. The Morgan fingerprint density at radius 3 is 3.00 bits per heavy atom. The van der Waals surface area contributed by atoms with E-state index in [9.17, 15) is 0 Å². The largest absolute Gasteiger partial charge is 0.461 e. The van der Waals surface area contributed by atoms with Crippen molar-refractivity contribution in [1.29, 1.82) is 0 Å². The van der Waals surface area contributed by atoms with Crippen LogP contribution >= 0.6 is 0 Å². The highest BCUT2D eigenvalue weighted by Gasteiger charge is 2.10. The minimum Gasteiger partial charge on any atom is -0.461 e. The number of hydrogen-bond acceptors (Lipinski definition) is 5. The van der Waals surface area contributed by atoms with Crippen molar-refractivity contribution in [1.82, 2.24) is 15.5 Å². The summed E-state index contributed by atoms with van der Waals surface area (Å²) in [7, 11) is 0. The van der Waals surface area contributed by atoms with Crippen LogP contribution in [0, 0.1) is 0 Å². The van der Waals surface area contributed by atoms with Crippen LogP contribution in [0.4, 0.5) is 0 Å². The van der Waals surface area contributed by atoms with E-state index >= 15 is 0 Å². The quantitative estimate of drug-likeness (QED) is 0.835. The van der Waals surface area contributed by atoms with Crippen molar-refractivity contribution in [3.8, 4) is 11.6 Å². The molecule has 1 N–H and O–H groups in total. The Labute approximate surface area is 93.8 Å². The van der Waals surface area contributed by atoms with Crippen LogP contribution in [0.1, 0.15) is 19.7 Å². The molecule has 0 saturated heterocycles. The van der Waals surface area contributed by atoms with Crippen molar-refractivity contribution in [2.45, 2.75) is 26.3 Å². The van der Waals surface area contributed by atoms with Crippen LogP contribution in [0.5, 0.6) is 0 Å². The first kappa shape index (κ1) is 10.9. The first-order valence-electron chi connectivity index (χ1n) is 5.35. The topological polar surface area (TPSA) is 64.1 Å². The van der Waals surface area contributed by atoms with Gasteiger partial charge in [-0.25, -0.2) is 0 Å². The Morgan fingerprint density at radius 2 is 2.31 bits per heavy atom. The molecule has 0 radical (unpaired) electrons. The van der Waals surface area contributed by atoms with E-state index in [1.807, 2.05) is 0 Å². The van der Waals surface area contributed by atoms with Crippen LogP contribution in [-0.4, -0.2) is 22.7 Å². The van der Waals surface area contributed by atoms with Crippen LogP contribution in [0.2, 0.25) is 0 Å². The highest BCUT2D eigenvalue weighted by atomic mass is 16.5. The van der Waals surface area contributed by atoms with Crippen LogP contribution < -0.4 is 5.32 Å². The van der Waals surface area contributed by atoms with Gasteiger partial charge < -0.3 is 14.3 Å². The summed E-state index contributed by atoms with van der Waals surface area (Å²) in [4.78, 5) is 4.24. The Kier molecular flexibility index (Phi) is 3.36. The van der Waals surface area contributed by atoms with Gasteiger partial charge in [-0.15, -0.1) is 0 Å². The average molecular weight is 221 g/mol. The SMILES string of the molecule is CC(C)NCCc1nc(-c2ccco2)no1. The smallest absolute Gasteiger partial charge is 0.238 e. The van der Waals surface area contributed by atoms with Crippen LogP contribution in [0.25, 0.3) is 11.6 Å². The summed E-state index contributed by atoms with van der Waals surface area (Å²) in [5.41, 5.74) is 0. The fourth-order valence-corrected chi connectivity index (χ4v) is 1.33. The van der Waals surface area contributed by atoms with Crippen LogP contribution in [0.15, 0.2) is 27.3 Å². The molecular weight excluding hydrogens is 206 g/mol. The van der Waals surface area contributed by atoms with Crippen molar-refractivity contribution < 1.29 is 8.94 Å². The fourth-order valence-electron chi connectivity index (χ4n) is 1.33. The Morgan fingerprint density at radius 1 is 1.44 bits per heavy atom. The van der Waals surface area contributed by atoms with E-state index in [1.54, 1.807) is 18.4 Å². The van der Waals surface area contributed by atoms with Gasteiger partial charge >= 0.3 is 0 Å². The third-order valence-corrected chi connectivity index (χ3v) is 2.10. The Bertz CT molecular complexity index is 420. The van der Waals surface area contributed by atoms with Crippen LogP contribution in [0.3, 0.4) is 0 Å². The normalized spacial score (nSPS) is 11.2. The van der Waals surface area contributed by atoms with E-state index < -0.39 is 0 Å². The predicted octanol–water partition coefficient (Wildman–Crippen LogP) is 1.87. The summed E-state index contributed by atoms with van der Waals surface area (Å²) in [6, 6.07) is 4.07. The fraction of sp³-hybridized carbons (Fsp3) is 0.455. The number of nitrogens with one attached hydrogen (secondary N) is 1. The van der Waals surface area contributed by atoms with Gasteiger partial charge in [0, 0.05) is 19.0 Å². The molecule has 0 aliphatic heterocycles. The van der Waals surface area contributed by atoms with Gasteiger partial charge in [0.15, 0.2) is 5.76 Å². The van der Waals surface area contributed by atoms with Crippen molar-refractivity contribution in [3.63, 3.8) is 0 Å². The number of nitrogens with zero attached hydrogens (tertiary/aromatic N) is 2. The summed E-state index contributed by atoms with van der Waals surface area (Å²) in [6.07, 6.45) is 2.32. The van der Waals surface area contributed by atoms with Crippen molar-refractivity contribution in [3.05, 3.63) is 24.3 Å². The van der Waals surface area contributed by atoms with Crippen molar-refractivity contribution in [2.75, 3.05) is 6.54 Å². The molecule has 16 heavy (non-hydrogen) atoms. The first-order chi connectivity index (χ1) is 7.75. The van der Waals surface area contributed by atoms with Gasteiger partial charge in [0.25, 0.3) is 0 Å². The third-order valence-electron chi connectivity index (χ3n) is 2.10. The van der Waals surface area contributed by atoms with Gasteiger partial charge in [0.2, 0.25) is 11.7 Å². The number of rotatable bonds is 5.